The van der Waals surface area contributed by atoms with E-state index in [-0.39, 0.29) is 11.9 Å². The molecule has 14 heavy (non-hydrogen) atoms. The van der Waals surface area contributed by atoms with Crippen LogP contribution in [0.2, 0.25) is 0 Å². The van der Waals surface area contributed by atoms with E-state index in [1.54, 1.807) is 0 Å². The average molecular weight is 221 g/mol. The van der Waals surface area contributed by atoms with E-state index in [0.717, 1.165) is 6.42 Å². The molecular weight excluding hydrogens is 200 g/mol. The van der Waals surface area contributed by atoms with Crippen LogP contribution in [0.15, 0.2) is 0 Å². The number of unbranched alkanes of at least 4 members (excludes halogenated alkanes) is 3. The molecule has 0 saturated carbocycles. The molecule has 0 aromatic carbocycles. The van der Waals surface area contributed by atoms with Crippen molar-refractivity contribution < 1.29 is 9.47 Å². The number of hydrogen-bond donors (Lipinski definition) is 0. The second-order valence-corrected chi connectivity index (χ2v) is 4.46. The second-order valence-electron chi connectivity index (χ2n) is 4.15. The van der Waals surface area contributed by atoms with E-state index < -0.39 is 0 Å². The van der Waals surface area contributed by atoms with Gasteiger partial charge in [0.2, 0.25) is 0 Å². The van der Waals surface area contributed by atoms with Crippen LogP contribution >= 0.6 is 11.6 Å². The predicted molar refractivity (Wildman–Crippen MR) is 58.7 cm³/mol. The molecule has 1 rings (SSSR count). The summed E-state index contributed by atoms with van der Waals surface area (Å²) in [7, 11) is 0. The van der Waals surface area contributed by atoms with Crippen molar-refractivity contribution in [1.29, 1.82) is 0 Å². The van der Waals surface area contributed by atoms with Gasteiger partial charge in [0, 0.05) is 6.42 Å². The van der Waals surface area contributed by atoms with Crippen molar-refractivity contribution in [3.63, 3.8) is 0 Å². The second kappa shape index (κ2) is 5.94. The first-order valence-corrected chi connectivity index (χ1v) is 6.11. The Labute approximate surface area is 91.9 Å². The normalized spacial score (nSPS) is 32.4. The lowest BCUT2D eigenvalue weighted by molar-refractivity contribution is -0.156. The molecule has 0 amide bonds. The molecule has 0 spiro atoms. The Morgan fingerprint density at radius 1 is 1.36 bits per heavy atom. The van der Waals surface area contributed by atoms with Crippen molar-refractivity contribution in [3.05, 3.63) is 0 Å². The maximum atomic E-state index is 5.72. The number of ether oxygens (including phenoxy) is 2. The number of halogens is 1. The fraction of sp³-hybridized carbons (Fsp3) is 1.00. The third-order valence-electron chi connectivity index (χ3n) is 2.65. The predicted octanol–water partition coefficient (Wildman–Crippen LogP) is 3.33. The molecule has 0 radical (unpaired) electrons. The monoisotopic (exact) mass is 220 g/mol. The Kier molecular flexibility index (Phi) is 5.21. The minimum atomic E-state index is -0.368. The Morgan fingerprint density at radius 3 is 2.71 bits per heavy atom. The fourth-order valence-electron chi connectivity index (χ4n) is 1.77. The Bertz CT molecular complexity index is 163. The molecule has 1 aliphatic heterocycles. The van der Waals surface area contributed by atoms with E-state index in [2.05, 4.69) is 6.92 Å². The number of hydrogen-bond acceptors (Lipinski definition) is 2. The van der Waals surface area contributed by atoms with Crippen molar-refractivity contribution in [2.45, 2.75) is 57.8 Å². The van der Waals surface area contributed by atoms with Gasteiger partial charge in [0.15, 0.2) is 5.79 Å². The molecule has 1 saturated heterocycles. The smallest absolute Gasteiger partial charge is 0.166 e. The van der Waals surface area contributed by atoms with Gasteiger partial charge in [-0.1, -0.05) is 26.2 Å². The summed E-state index contributed by atoms with van der Waals surface area (Å²) < 4.78 is 11.3. The van der Waals surface area contributed by atoms with E-state index in [1.165, 1.54) is 25.7 Å². The van der Waals surface area contributed by atoms with E-state index >= 15 is 0 Å². The molecule has 2 unspecified atom stereocenters. The largest absolute Gasteiger partial charge is 0.347 e. The van der Waals surface area contributed by atoms with Gasteiger partial charge in [-0.05, 0) is 13.3 Å². The van der Waals surface area contributed by atoms with Crippen LogP contribution in [0, 0.1) is 0 Å². The number of alkyl halides is 1. The minimum absolute atomic E-state index is 0.0906. The molecular formula is C11H21ClO2. The van der Waals surface area contributed by atoms with E-state index in [9.17, 15) is 0 Å². The molecule has 2 nitrogen and oxygen atoms in total. The molecule has 1 aliphatic rings. The highest BCUT2D eigenvalue weighted by molar-refractivity contribution is 6.18. The first-order chi connectivity index (χ1) is 6.70. The maximum absolute atomic E-state index is 5.72. The minimum Gasteiger partial charge on any atom is -0.347 e. The third kappa shape index (κ3) is 3.76. The number of rotatable bonds is 6. The molecule has 0 N–H and O–H groups in total. The molecule has 2 atom stereocenters. The lowest BCUT2D eigenvalue weighted by atomic mass is 10.1. The van der Waals surface area contributed by atoms with Crippen LogP contribution in [0.25, 0.3) is 0 Å². The van der Waals surface area contributed by atoms with E-state index in [1.807, 2.05) is 6.92 Å². The van der Waals surface area contributed by atoms with Crippen LogP contribution < -0.4 is 0 Å². The van der Waals surface area contributed by atoms with Gasteiger partial charge < -0.3 is 9.47 Å². The summed E-state index contributed by atoms with van der Waals surface area (Å²) >= 11 is 5.71. The van der Waals surface area contributed by atoms with Gasteiger partial charge in [0.25, 0.3) is 0 Å². The van der Waals surface area contributed by atoms with Crippen molar-refractivity contribution in [2.24, 2.45) is 0 Å². The summed E-state index contributed by atoms with van der Waals surface area (Å²) in [5, 5.41) is 0. The van der Waals surface area contributed by atoms with Crippen molar-refractivity contribution >= 4 is 11.6 Å². The van der Waals surface area contributed by atoms with Gasteiger partial charge in [0.1, 0.15) is 0 Å². The molecule has 3 heteroatoms. The third-order valence-corrected chi connectivity index (χ3v) is 2.99. The van der Waals surface area contributed by atoms with Crippen LogP contribution in [-0.2, 0) is 9.47 Å². The van der Waals surface area contributed by atoms with Crippen LogP contribution in [0.1, 0.15) is 46.0 Å². The van der Waals surface area contributed by atoms with Crippen LogP contribution in [0.3, 0.4) is 0 Å². The van der Waals surface area contributed by atoms with Gasteiger partial charge in [-0.2, -0.15) is 0 Å². The highest BCUT2D eigenvalue weighted by atomic mass is 35.5. The lowest BCUT2D eigenvalue weighted by Crippen LogP contribution is -2.26. The van der Waals surface area contributed by atoms with Crippen molar-refractivity contribution in [1.82, 2.24) is 0 Å². The van der Waals surface area contributed by atoms with Gasteiger partial charge in [-0.15, -0.1) is 11.6 Å². The molecule has 0 aliphatic carbocycles. The van der Waals surface area contributed by atoms with Crippen molar-refractivity contribution in [2.75, 3.05) is 12.5 Å². The first kappa shape index (κ1) is 12.3. The van der Waals surface area contributed by atoms with Gasteiger partial charge in [-0.25, -0.2) is 0 Å². The summed E-state index contributed by atoms with van der Waals surface area (Å²) in [4.78, 5) is 0. The maximum Gasteiger partial charge on any atom is 0.166 e. The van der Waals surface area contributed by atoms with Crippen LogP contribution in [0.4, 0.5) is 0 Å². The van der Waals surface area contributed by atoms with E-state index in [0.29, 0.717) is 12.5 Å². The summed E-state index contributed by atoms with van der Waals surface area (Å²) in [6, 6.07) is 0. The molecule has 0 aromatic heterocycles. The van der Waals surface area contributed by atoms with Crippen molar-refractivity contribution in [3.8, 4) is 0 Å². The lowest BCUT2D eigenvalue weighted by Gasteiger charge is -2.22. The summed E-state index contributed by atoms with van der Waals surface area (Å²) in [5.41, 5.74) is 0. The van der Waals surface area contributed by atoms with Gasteiger partial charge in [-0.3, -0.25) is 0 Å². The molecule has 1 fully saturated rings. The quantitative estimate of drug-likeness (QED) is 0.505. The molecule has 1 heterocycles. The van der Waals surface area contributed by atoms with Crippen LogP contribution in [0.5, 0.6) is 0 Å². The zero-order valence-electron chi connectivity index (χ0n) is 9.22. The van der Waals surface area contributed by atoms with Gasteiger partial charge >= 0.3 is 0 Å². The SMILES string of the molecule is CCCCCCC1(C)OCC(CCl)O1. The Hall–Kier alpha value is 0.210. The molecule has 84 valence electrons. The average Bonchev–Trinajstić information content (AvgIpc) is 2.56. The zero-order chi connectivity index (χ0) is 10.4. The topological polar surface area (TPSA) is 18.5 Å². The highest BCUT2D eigenvalue weighted by Gasteiger charge is 2.35. The highest BCUT2D eigenvalue weighted by Crippen LogP contribution is 2.29. The standard InChI is InChI=1S/C11H21ClO2/c1-3-4-5-6-7-11(2)13-9-10(8-12)14-11/h10H,3-9H2,1-2H3. The van der Waals surface area contributed by atoms with Crippen LogP contribution in [-0.4, -0.2) is 24.4 Å². The molecule has 0 aromatic rings. The zero-order valence-corrected chi connectivity index (χ0v) is 9.98. The summed E-state index contributed by atoms with van der Waals surface area (Å²) in [6.45, 7) is 4.88. The Balaban J connectivity index is 2.16. The Morgan fingerprint density at radius 2 is 2.14 bits per heavy atom. The summed E-state index contributed by atoms with van der Waals surface area (Å²) in [6.07, 6.45) is 6.09. The first-order valence-electron chi connectivity index (χ1n) is 5.58. The summed E-state index contributed by atoms with van der Waals surface area (Å²) in [5.74, 6) is 0.165. The fourth-order valence-corrected chi connectivity index (χ4v) is 1.92. The van der Waals surface area contributed by atoms with Gasteiger partial charge in [0.05, 0.1) is 18.6 Å². The molecule has 0 bridgehead atoms. The van der Waals surface area contributed by atoms with E-state index in [4.69, 9.17) is 21.1 Å².